The van der Waals surface area contributed by atoms with Crippen molar-refractivity contribution in [2.24, 2.45) is 16.5 Å². The van der Waals surface area contributed by atoms with Gasteiger partial charge in [-0.2, -0.15) is 0 Å². The van der Waals surface area contributed by atoms with E-state index in [1.54, 1.807) is 19.5 Å². The van der Waals surface area contributed by atoms with Gasteiger partial charge in [0.15, 0.2) is 0 Å². The molecule has 6 nitrogen and oxygen atoms in total. The SMILES string of the molecule is CN=CC(=CN)c1ccc2c(c1)C(Nc1ccccc1CN(C)C)CCN/C2=C(/C)N. The Labute approximate surface area is 185 Å². The second-order valence-corrected chi connectivity index (χ2v) is 8.18. The van der Waals surface area contributed by atoms with Gasteiger partial charge in [0.05, 0.1) is 11.7 Å². The molecule has 0 radical (unpaired) electrons. The zero-order valence-electron chi connectivity index (χ0n) is 18.9. The lowest BCUT2D eigenvalue weighted by Gasteiger charge is -2.24. The third-order valence-electron chi connectivity index (χ3n) is 5.44. The minimum Gasteiger partial charge on any atom is -0.404 e. The first kappa shape index (κ1) is 22.4. The van der Waals surface area contributed by atoms with Crippen molar-refractivity contribution in [2.75, 3.05) is 33.0 Å². The number of fused-ring (bicyclic) bond motifs is 1. The molecule has 0 saturated heterocycles. The van der Waals surface area contributed by atoms with E-state index in [1.165, 1.54) is 11.1 Å². The Hall–Kier alpha value is -3.25. The molecule has 0 aliphatic carbocycles. The van der Waals surface area contributed by atoms with Gasteiger partial charge in [-0.1, -0.05) is 30.3 Å². The first-order chi connectivity index (χ1) is 14.9. The van der Waals surface area contributed by atoms with Crippen molar-refractivity contribution in [3.8, 4) is 0 Å². The van der Waals surface area contributed by atoms with Crippen molar-refractivity contribution in [1.29, 1.82) is 0 Å². The molecule has 31 heavy (non-hydrogen) atoms. The van der Waals surface area contributed by atoms with E-state index in [-0.39, 0.29) is 6.04 Å². The summed E-state index contributed by atoms with van der Waals surface area (Å²) in [6.45, 7) is 3.65. The zero-order chi connectivity index (χ0) is 22.4. The van der Waals surface area contributed by atoms with Crippen LogP contribution in [-0.4, -0.2) is 38.8 Å². The minimum atomic E-state index is 0.125. The fraction of sp³-hybridized carbons (Fsp3) is 0.320. The van der Waals surface area contributed by atoms with Crippen LogP contribution in [-0.2, 0) is 6.54 Å². The van der Waals surface area contributed by atoms with E-state index < -0.39 is 0 Å². The van der Waals surface area contributed by atoms with Crippen molar-refractivity contribution in [1.82, 2.24) is 10.2 Å². The molecule has 2 aromatic carbocycles. The summed E-state index contributed by atoms with van der Waals surface area (Å²) < 4.78 is 0. The van der Waals surface area contributed by atoms with Gasteiger partial charge >= 0.3 is 0 Å². The molecule has 0 saturated carbocycles. The summed E-state index contributed by atoms with van der Waals surface area (Å²) in [5.74, 6) is 0. The van der Waals surface area contributed by atoms with Crippen LogP contribution in [0.3, 0.4) is 0 Å². The fourth-order valence-electron chi connectivity index (χ4n) is 4.03. The van der Waals surface area contributed by atoms with Crippen LogP contribution in [0.5, 0.6) is 0 Å². The van der Waals surface area contributed by atoms with E-state index in [9.17, 15) is 0 Å². The van der Waals surface area contributed by atoms with E-state index in [0.29, 0.717) is 0 Å². The fourth-order valence-corrected chi connectivity index (χ4v) is 4.03. The van der Waals surface area contributed by atoms with Gasteiger partial charge in [0.2, 0.25) is 0 Å². The summed E-state index contributed by atoms with van der Waals surface area (Å²) in [4.78, 5) is 6.33. The molecule has 0 bridgehead atoms. The topological polar surface area (TPSA) is 91.7 Å². The molecule has 1 heterocycles. The lowest BCUT2D eigenvalue weighted by Crippen LogP contribution is -2.18. The lowest BCUT2D eigenvalue weighted by atomic mass is 9.92. The standard InChI is InChI=1S/C25H34N6/c1-17(27)25-21-10-9-18(20(14-26)15-28-2)13-22(21)24(11-12-29-25)30-23-8-6-5-7-19(23)16-31(3)4/h5-10,13-15,24,29-30H,11-12,16,26-27H2,1-4H3/b20-14?,25-17-,28-15?. The molecule has 3 rings (SSSR count). The van der Waals surface area contributed by atoms with Crippen LogP contribution in [0.25, 0.3) is 11.3 Å². The number of nitrogens with zero attached hydrogens (tertiary/aromatic N) is 2. The highest BCUT2D eigenvalue weighted by atomic mass is 15.1. The number of benzene rings is 2. The molecule has 0 amide bonds. The van der Waals surface area contributed by atoms with Gasteiger partial charge in [-0.3, -0.25) is 4.99 Å². The summed E-state index contributed by atoms with van der Waals surface area (Å²) >= 11 is 0. The minimum absolute atomic E-state index is 0.125. The molecular weight excluding hydrogens is 384 g/mol. The number of allylic oxidation sites excluding steroid dienone is 2. The number of hydrogen-bond donors (Lipinski definition) is 4. The van der Waals surface area contributed by atoms with Gasteiger partial charge in [0.25, 0.3) is 0 Å². The summed E-state index contributed by atoms with van der Waals surface area (Å²) in [5, 5.41) is 7.34. The molecule has 6 N–H and O–H groups in total. The average molecular weight is 419 g/mol. The highest BCUT2D eigenvalue weighted by molar-refractivity contribution is 6.09. The highest BCUT2D eigenvalue weighted by Gasteiger charge is 2.23. The largest absolute Gasteiger partial charge is 0.404 e. The Morgan fingerprint density at radius 1 is 1.26 bits per heavy atom. The molecule has 1 aliphatic heterocycles. The Kier molecular flexibility index (Phi) is 7.36. The van der Waals surface area contributed by atoms with Crippen LogP contribution >= 0.6 is 0 Å². The maximum Gasteiger partial charge on any atom is 0.0605 e. The predicted molar refractivity (Wildman–Crippen MR) is 133 cm³/mol. The average Bonchev–Trinajstić information content (AvgIpc) is 2.92. The number of anilines is 1. The third-order valence-corrected chi connectivity index (χ3v) is 5.44. The van der Waals surface area contributed by atoms with Gasteiger partial charge in [0.1, 0.15) is 0 Å². The molecule has 1 aliphatic rings. The van der Waals surface area contributed by atoms with Crippen LogP contribution < -0.4 is 22.1 Å². The van der Waals surface area contributed by atoms with Gasteiger partial charge in [0, 0.05) is 55.1 Å². The van der Waals surface area contributed by atoms with Crippen LogP contribution in [0, 0.1) is 0 Å². The second kappa shape index (κ2) is 10.2. The van der Waals surface area contributed by atoms with Crippen LogP contribution in [0.1, 0.15) is 41.6 Å². The first-order valence-electron chi connectivity index (χ1n) is 10.6. The van der Waals surface area contributed by atoms with Crippen LogP contribution in [0.4, 0.5) is 5.69 Å². The number of rotatable bonds is 6. The van der Waals surface area contributed by atoms with Crippen LogP contribution in [0.15, 0.2) is 59.4 Å². The van der Waals surface area contributed by atoms with Crippen molar-refractivity contribution in [2.45, 2.75) is 25.9 Å². The molecule has 0 aromatic heterocycles. The van der Waals surface area contributed by atoms with E-state index in [1.807, 2.05) is 6.92 Å². The molecule has 2 aromatic rings. The Morgan fingerprint density at radius 3 is 2.71 bits per heavy atom. The Morgan fingerprint density at radius 2 is 2.03 bits per heavy atom. The molecule has 1 unspecified atom stereocenters. The lowest BCUT2D eigenvalue weighted by molar-refractivity contribution is 0.403. The maximum atomic E-state index is 6.24. The molecule has 1 atom stereocenters. The molecule has 164 valence electrons. The molecule has 0 spiro atoms. The highest BCUT2D eigenvalue weighted by Crippen LogP contribution is 2.34. The quantitative estimate of drug-likeness (QED) is 0.539. The van der Waals surface area contributed by atoms with Crippen molar-refractivity contribution in [3.05, 3.63) is 76.6 Å². The first-order valence-corrected chi connectivity index (χ1v) is 10.6. The summed E-state index contributed by atoms with van der Waals surface area (Å²) in [7, 11) is 5.93. The Balaban J connectivity index is 2.09. The van der Waals surface area contributed by atoms with Gasteiger partial charge in [-0.05, 0) is 56.3 Å². The molecule has 0 fully saturated rings. The van der Waals surface area contributed by atoms with Gasteiger partial charge in [-0.15, -0.1) is 0 Å². The second-order valence-electron chi connectivity index (χ2n) is 8.18. The van der Waals surface area contributed by atoms with Crippen LogP contribution in [0.2, 0.25) is 0 Å². The predicted octanol–water partition coefficient (Wildman–Crippen LogP) is 3.54. The summed E-state index contributed by atoms with van der Waals surface area (Å²) in [5.41, 5.74) is 20.6. The summed E-state index contributed by atoms with van der Waals surface area (Å²) in [6.07, 6.45) is 4.31. The number of nitrogens with one attached hydrogen (secondary N) is 2. The van der Waals surface area contributed by atoms with Gasteiger partial charge in [-0.25, -0.2) is 0 Å². The number of para-hydroxylation sites is 1. The normalized spacial score (nSPS) is 18.5. The van der Waals surface area contributed by atoms with E-state index in [2.05, 4.69) is 77.1 Å². The van der Waals surface area contributed by atoms with E-state index in [0.717, 1.165) is 53.3 Å². The number of hydrogen-bond acceptors (Lipinski definition) is 6. The van der Waals surface area contributed by atoms with Crippen molar-refractivity contribution < 1.29 is 0 Å². The Bertz CT molecular complexity index is 999. The molecule has 6 heteroatoms. The third kappa shape index (κ3) is 5.27. The van der Waals surface area contributed by atoms with Gasteiger partial charge < -0.3 is 27.0 Å². The smallest absolute Gasteiger partial charge is 0.0605 e. The van der Waals surface area contributed by atoms with E-state index >= 15 is 0 Å². The maximum absolute atomic E-state index is 6.24. The van der Waals surface area contributed by atoms with E-state index in [4.69, 9.17) is 11.5 Å². The monoisotopic (exact) mass is 418 g/mol. The molecular formula is C25H34N6. The summed E-state index contributed by atoms with van der Waals surface area (Å²) in [6, 6.07) is 15.0. The zero-order valence-corrected chi connectivity index (χ0v) is 18.9. The number of aliphatic imine (C=N–C) groups is 1. The van der Waals surface area contributed by atoms with Crippen molar-refractivity contribution >= 4 is 23.2 Å². The van der Waals surface area contributed by atoms with Crippen molar-refractivity contribution in [3.63, 3.8) is 0 Å². The number of nitrogens with two attached hydrogens (primary N) is 2.